The molecule has 0 bridgehead atoms. The Labute approximate surface area is 71.8 Å². The Hall–Kier alpha value is -0.680. The summed E-state index contributed by atoms with van der Waals surface area (Å²) in [6.45, 7) is 1.86. The van der Waals surface area contributed by atoms with Crippen LogP contribution < -0.4 is 0 Å². The van der Waals surface area contributed by atoms with Crippen LogP contribution in [0.4, 0.5) is 0 Å². The summed E-state index contributed by atoms with van der Waals surface area (Å²) in [4.78, 5) is 0.804. The molecule has 0 spiro atoms. The van der Waals surface area contributed by atoms with Crippen LogP contribution in [0.25, 0.3) is 4.96 Å². The minimum absolute atomic E-state index is 0.438. The summed E-state index contributed by atoms with van der Waals surface area (Å²) in [5, 5.41) is 12.8. The van der Waals surface area contributed by atoms with Gasteiger partial charge in [-0.05, 0) is 6.92 Å². The fourth-order valence-electron chi connectivity index (χ4n) is 0.808. The number of rotatable bonds is 1. The second-order valence-electron chi connectivity index (χ2n) is 2.07. The van der Waals surface area contributed by atoms with Crippen molar-refractivity contribution >= 4 is 27.9 Å². The number of aromatic nitrogens is 4. The molecule has 0 radical (unpaired) electrons. The van der Waals surface area contributed by atoms with Gasteiger partial charge in [0.05, 0.1) is 5.88 Å². The topological polar surface area (TPSA) is 43.1 Å². The molecule has 0 saturated heterocycles. The Balaban J connectivity index is 2.70. The molecule has 2 aromatic rings. The Morgan fingerprint density at radius 2 is 2.36 bits per heavy atom. The van der Waals surface area contributed by atoms with Gasteiger partial charge in [0, 0.05) is 0 Å². The third kappa shape index (κ3) is 1.00. The molecule has 0 amide bonds. The van der Waals surface area contributed by atoms with Crippen molar-refractivity contribution in [2.24, 2.45) is 0 Å². The maximum Gasteiger partial charge on any atom is 0.234 e. The number of hydrogen-bond acceptors (Lipinski definition) is 4. The molecular formula is C5H5ClN4S. The number of alkyl halides is 1. The van der Waals surface area contributed by atoms with E-state index in [1.165, 1.54) is 11.3 Å². The quantitative estimate of drug-likeness (QED) is 0.633. The van der Waals surface area contributed by atoms with Gasteiger partial charge in [0.2, 0.25) is 4.96 Å². The van der Waals surface area contributed by atoms with Gasteiger partial charge in [-0.15, -0.1) is 21.8 Å². The molecule has 0 aromatic carbocycles. The second kappa shape index (κ2) is 2.42. The molecule has 58 valence electrons. The number of nitrogens with zero attached hydrogens (tertiary/aromatic N) is 4. The van der Waals surface area contributed by atoms with Crippen molar-refractivity contribution in [1.82, 2.24) is 19.8 Å². The highest BCUT2D eigenvalue weighted by Gasteiger charge is 2.06. The van der Waals surface area contributed by atoms with Crippen molar-refractivity contribution in [2.75, 3.05) is 0 Å². The van der Waals surface area contributed by atoms with E-state index in [0.717, 1.165) is 15.8 Å². The number of aryl methyl sites for hydroxylation is 1. The third-order valence-electron chi connectivity index (χ3n) is 1.30. The van der Waals surface area contributed by atoms with E-state index in [4.69, 9.17) is 11.6 Å². The van der Waals surface area contributed by atoms with Crippen molar-refractivity contribution in [2.45, 2.75) is 12.8 Å². The molecule has 0 atom stereocenters. The van der Waals surface area contributed by atoms with Crippen LogP contribution in [0.3, 0.4) is 0 Å². The minimum Gasteiger partial charge on any atom is -0.188 e. The predicted molar refractivity (Wildman–Crippen MR) is 43.0 cm³/mol. The first-order valence-corrected chi connectivity index (χ1v) is 4.40. The van der Waals surface area contributed by atoms with Crippen LogP contribution in [0.2, 0.25) is 0 Å². The maximum atomic E-state index is 5.59. The van der Waals surface area contributed by atoms with Crippen LogP contribution in [-0.4, -0.2) is 19.8 Å². The van der Waals surface area contributed by atoms with E-state index in [0.29, 0.717) is 5.88 Å². The van der Waals surface area contributed by atoms with Crippen molar-refractivity contribution in [3.05, 3.63) is 10.8 Å². The fourth-order valence-corrected chi connectivity index (χ4v) is 1.75. The average Bonchev–Trinajstić information content (AvgIpc) is 2.53. The van der Waals surface area contributed by atoms with Crippen LogP contribution in [0.5, 0.6) is 0 Å². The SMILES string of the molecule is Cc1nnc2sc(CCl)nn12. The highest BCUT2D eigenvalue weighted by molar-refractivity contribution is 7.16. The maximum absolute atomic E-state index is 5.59. The smallest absolute Gasteiger partial charge is 0.188 e. The molecule has 6 heteroatoms. The summed E-state index contributed by atoms with van der Waals surface area (Å²) in [5.41, 5.74) is 0. The lowest BCUT2D eigenvalue weighted by Gasteiger charge is -1.81. The van der Waals surface area contributed by atoms with E-state index >= 15 is 0 Å². The van der Waals surface area contributed by atoms with E-state index in [1.54, 1.807) is 4.52 Å². The highest BCUT2D eigenvalue weighted by atomic mass is 35.5. The molecule has 2 aromatic heterocycles. The normalized spacial score (nSPS) is 11.1. The lowest BCUT2D eigenvalue weighted by molar-refractivity contribution is 0.874. The van der Waals surface area contributed by atoms with Crippen molar-refractivity contribution in [3.8, 4) is 0 Å². The zero-order valence-electron chi connectivity index (χ0n) is 5.78. The Morgan fingerprint density at radius 3 is 3.00 bits per heavy atom. The predicted octanol–water partition coefficient (Wildman–Crippen LogP) is 1.23. The van der Waals surface area contributed by atoms with Crippen molar-refractivity contribution in [1.29, 1.82) is 0 Å². The molecule has 11 heavy (non-hydrogen) atoms. The van der Waals surface area contributed by atoms with Gasteiger partial charge >= 0.3 is 0 Å². The van der Waals surface area contributed by atoms with E-state index in [-0.39, 0.29) is 0 Å². The lowest BCUT2D eigenvalue weighted by Crippen LogP contribution is -1.88. The molecule has 2 rings (SSSR count). The zero-order chi connectivity index (χ0) is 7.84. The molecule has 0 fully saturated rings. The van der Waals surface area contributed by atoms with Gasteiger partial charge in [0.15, 0.2) is 5.82 Å². The molecule has 4 nitrogen and oxygen atoms in total. The first-order valence-electron chi connectivity index (χ1n) is 3.05. The standard InChI is InChI=1S/C5H5ClN4S/c1-3-7-8-5-10(3)9-4(2-6)11-5/h2H2,1H3. The van der Waals surface area contributed by atoms with Crippen LogP contribution in [0, 0.1) is 6.92 Å². The fraction of sp³-hybridized carbons (Fsp3) is 0.400. The summed E-state index contributed by atoms with van der Waals surface area (Å²) in [5.74, 6) is 1.24. The largest absolute Gasteiger partial charge is 0.234 e. The summed E-state index contributed by atoms with van der Waals surface area (Å²) >= 11 is 7.06. The molecule has 0 N–H and O–H groups in total. The van der Waals surface area contributed by atoms with Crippen LogP contribution in [-0.2, 0) is 5.88 Å². The van der Waals surface area contributed by atoms with E-state index in [2.05, 4.69) is 15.3 Å². The van der Waals surface area contributed by atoms with E-state index in [9.17, 15) is 0 Å². The Bertz CT molecular complexity index is 379. The van der Waals surface area contributed by atoms with E-state index < -0.39 is 0 Å². The lowest BCUT2D eigenvalue weighted by atomic mass is 10.7. The van der Waals surface area contributed by atoms with Gasteiger partial charge in [0.25, 0.3) is 0 Å². The van der Waals surface area contributed by atoms with Gasteiger partial charge in [-0.1, -0.05) is 11.3 Å². The first kappa shape index (κ1) is 7.00. The van der Waals surface area contributed by atoms with Crippen LogP contribution in [0.1, 0.15) is 10.8 Å². The Morgan fingerprint density at radius 1 is 1.55 bits per heavy atom. The van der Waals surface area contributed by atoms with Gasteiger partial charge in [0.1, 0.15) is 5.01 Å². The number of fused-ring (bicyclic) bond motifs is 1. The number of hydrogen-bond donors (Lipinski definition) is 0. The highest BCUT2D eigenvalue weighted by Crippen LogP contribution is 2.14. The van der Waals surface area contributed by atoms with Gasteiger partial charge < -0.3 is 0 Å². The summed E-state index contributed by atoms with van der Waals surface area (Å²) < 4.78 is 1.70. The average molecular weight is 189 g/mol. The summed E-state index contributed by atoms with van der Waals surface area (Å²) in [6.07, 6.45) is 0. The molecule has 0 aliphatic carbocycles. The first-order chi connectivity index (χ1) is 5.31. The minimum atomic E-state index is 0.438. The summed E-state index contributed by atoms with van der Waals surface area (Å²) in [6, 6.07) is 0. The van der Waals surface area contributed by atoms with Gasteiger partial charge in [-0.2, -0.15) is 9.61 Å². The molecule has 0 aliphatic rings. The second-order valence-corrected chi connectivity index (χ2v) is 3.38. The van der Waals surface area contributed by atoms with Gasteiger partial charge in [-0.25, -0.2) is 0 Å². The van der Waals surface area contributed by atoms with Crippen LogP contribution in [0.15, 0.2) is 0 Å². The third-order valence-corrected chi connectivity index (χ3v) is 2.61. The molecule has 0 unspecified atom stereocenters. The van der Waals surface area contributed by atoms with Crippen molar-refractivity contribution in [3.63, 3.8) is 0 Å². The number of halogens is 1. The zero-order valence-corrected chi connectivity index (χ0v) is 7.35. The van der Waals surface area contributed by atoms with Gasteiger partial charge in [-0.3, -0.25) is 0 Å². The Kier molecular flexibility index (Phi) is 1.54. The molecule has 0 aliphatic heterocycles. The van der Waals surface area contributed by atoms with E-state index in [1.807, 2.05) is 6.92 Å². The van der Waals surface area contributed by atoms with Crippen LogP contribution >= 0.6 is 22.9 Å². The molecular weight excluding hydrogens is 184 g/mol. The monoisotopic (exact) mass is 188 g/mol. The molecule has 0 saturated carbocycles. The molecule has 2 heterocycles. The van der Waals surface area contributed by atoms with Crippen molar-refractivity contribution < 1.29 is 0 Å². The summed E-state index contributed by atoms with van der Waals surface area (Å²) in [7, 11) is 0.